The van der Waals surface area contributed by atoms with E-state index in [1.165, 1.54) is 0 Å². The fourth-order valence-corrected chi connectivity index (χ4v) is 0.841. The summed E-state index contributed by atoms with van der Waals surface area (Å²) in [6.45, 7) is 1.98. The molecule has 1 heterocycles. The van der Waals surface area contributed by atoms with E-state index in [0.29, 0.717) is 5.69 Å². The topological polar surface area (TPSA) is 89.6 Å². The Bertz CT molecular complexity index is 350. The van der Waals surface area contributed by atoms with Crippen molar-refractivity contribution in [2.45, 2.75) is 6.92 Å². The molecule has 0 radical (unpaired) electrons. The number of nitrogens with zero attached hydrogens (tertiary/aromatic N) is 2. The first-order valence-corrected chi connectivity index (χ1v) is 4.41. The van der Waals surface area contributed by atoms with Crippen LogP contribution in [0, 0.1) is 0 Å². The lowest BCUT2D eigenvalue weighted by Gasteiger charge is -2.01. The normalized spacial score (nSPS) is 10.9. The van der Waals surface area contributed by atoms with Crippen LogP contribution >= 0.6 is 0 Å². The highest BCUT2D eigenvalue weighted by Crippen LogP contribution is 1.91. The Morgan fingerprint density at radius 3 is 3.07 bits per heavy atom. The Kier molecular flexibility index (Phi) is 4.08. The van der Waals surface area contributed by atoms with Crippen molar-refractivity contribution in [2.75, 3.05) is 6.61 Å². The van der Waals surface area contributed by atoms with E-state index in [4.69, 9.17) is 5.73 Å². The minimum Gasteiger partial charge on any atom is -0.449 e. The second-order valence-electron chi connectivity index (χ2n) is 2.54. The smallest absolute Gasteiger partial charge is 0.427 e. The molecule has 3 N–H and O–H groups in total. The van der Waals surface area contributed by atoms with Gasteiger partial charge in [0.2, 0.25) is 0 Å². The number of nitrogens with one attached hydrogen (secondary N) is 1. The third kappa shape index (κ3) is 3.63. The van der Waals surface area contributed by atoms with Gasteiger partial charge in [0.15, 0.2) is 5.84 Å². The lowest BCUT2D eigenvalue weighted by molar-refractivity contribution is 0.152. The average molecular weight is 208 g/mol. The lowest BCUT2D eigenvalue weighted by Crippen LogP contribution is -2.25. The summed E-state index contributed by atoms with van der Waals surface area (Å²) in [5, 5.41) is 3.62. The Balaban J connectivity index is 2.57. The van der Waals surface area contributed by atoms with E-state index in [-0.39, 0.29) is 12.4 Å². The Hall–Kier alpha value is -2.11. The summed E-state index contributed by atoms with van der Waals surface area (Å²) in [4.78, 5) is 14.8. The Morgan fingerprint density at radius 1 is 1.67 bits per heavy atom. The molecule has 6 heteroatoms. The number of hydrogen-bond donors (Lipinski definition) is 2. The zero-order valence-corrected chi connectivity index (χ0v) is 8.30. The molecular formula is C9H12N4O2. The van der Waals surface area contributed by atoms with Crippen LogP contribution < -0.4 is 11.2 Å². The summed E-state index contributed by atoms with van der Waals surface area (Å²) in [7, 11) is 0. The number of hydrogen-bond acceptors (Lipinski definition) is 4. The first-order valence-electron chi connectivity index (χ1n) is 4.41. The lowest BCUT2D eigenvalue weighted by atomic mass is 10.3. The van der Waals surface area contributed by atoms with Gasteiger partial charge in [-0.1, -0.05) is 6.07 Å². The van der Waals surface area contributed by atoms with Crippen molar-refractivity contribution < 1.29 is 9.53 Å². The molecule has 15 heavy (non-hydrogen) atoms. The van der Waals surface area contributed by atoms with Crippen molar-refractivity contribution >= 4 is 11.9 Å². The number of ether oxygens (including phenoxy) is 1. The molecule has 0 aliphatic carbocycles. The average Bonchev–Trinajstić information content (AvgIpc) is 2.27. The van der Waals surface area contributed by atoms with Crippen LogP contribution in [0.5, 0.6) is 0 Å². The molecule has 1 aromatic heterocycles. The zero-order valence-electron chi connectivity index (χ0n) is 8.30. The van der Waals surface area contributed by atoms with Gasteiger partial charge >= 0.3 is 6.09 Å². The van der Waals surface area contributed by atoms with Gasteiger partial charge in [0.05, 0.1) is 6.61 Å². The highest BCUT2D eigenvalue weighted by atomic mass is 16.5. The van der Waals surface area contributed by atoms with Crippen molar-refractivity contribution in [3.63, 3.8) is 0 Å². The fraction of sp³-hybridized carbons (Fsp3) is 0.222. The monoisotopic (exact) mass is 208 g/mol. The molecule has 80 valence electrons. The van der Waals surface area contributed by atoms with Gasteiger partial charge in [0.25, 0.3) is 0 Å². The number of carbonyl (C=O) groups excluding carboxylic acids is 1. The van der Waals surface area contributed by atoms with Crippen LogP contribution in [0.15, 0.2) is 29.5 Å². The molecule has 1 rings (SSSR count). The summed E-state index contributed by atoms with van der Waals surface area (Å²) >= 11 is 0. The van der Waals surface area contributed by atoms with Crippen molar-refractivity contribution in [1.82, 2.24) is 10.4 Å². The highest BCUT2D eigenvalue weighted by Gasteiger charge is 2.01. The molecule has 0 unspecified atom stereocenters. The molecule has 6 nitrogen and oxygen atoms in total. The van der Waals surface area contributed by atoms with Crippen LogP contribution in [0.3, 0.4) is 0 Å². The van der Waals surface area contributed by atoms with Gasteiger partial charge in [-0.3, -0.25) is 4.98 Å². The number of aromatic nitrogens is 1. The number of amides is 1. The maximum absolute atomic E-state index is 10.9. The molecule has 0 aliphatic rings. The summed E-state index contributed by atoms with van der Waals surface area (Å²) in [6.07, 6.45) is 0.943. The first kappa shape index (κ1) is 11.0. The van der Waals surface area contributed by atoms with Crippen molar-refractivity contribution in [1.29, 1.82) is 0 Å². The quantitative estimate of drug-likeness (QED) is 0.428. The van der Waals surface area contributed by atoms with Crippen molar-refractivity contribution in [3.05, 3.63) is 30.1 Å². The minimum absolute atomic E-state index is 0.128. The van der Waals surface area contributed by atoms with E-state index in [1.807, 2.05) is 0 Å². The zero-order chi connectivity index (χ0) is 11.1. The van der Waals surface area contributed by atoms with Crippen LogP contribution in [-0.4, -0.2) is 23.5 Å². The SMILES string of the molecule is CCOC(=O)N/N=C(\N)c1ccccn1. The summed E-state index contributed by atoms with van der Waals surface area (Å²) in [5.41, 5.74) is 8.20. The highest BCUT2D eigenvalue weighted by molar-refractivity contribution is 5.95. The van der Waals surface area contributed by atoms with E-state index in [1.54, 1.807) is 31.3 Å². The number of hydrazone groups is 1. The molecule has 0 atom stereocenters. The second-order valence-corrected chi connectivity index (χ2v) is 2.54. The third-order valence-electron chi connectivity index (χ3n) is 1.47. The van der Waals surface area contributed by atoms with E-state index in [9.17, 15) is 4.79 Å². The predicted molar refractivity (Wildman–Crippen MR) is 55.1 cm³/mol. The second kappa shape index (κ2) is 5.58. The molecular weight excluding hydrogens is 196 g/mol. The van der Waals surface area contributed by atoms with Gasteiger partial charge < -0.3 is 10.5 Å². The molecule has 0 saturated heterocycles. The van der Waals surface area contributed by atoms with Gasteiger partial charge in [0, 0.05) is 6.20 Å². The molecule has 0 fully saturated rings. The van der Waals surface area contributed by atoms with Gasteiger partial charge in [-0.05, 0) is 19.1 Å². The largest absolute Gasteiger partial charge is 0.449 e. The summed E-state index contributed by atoms with van der Waals surface area (Å²) < 4.78 is 4.60. The van der Waals surface area contributed by atoms with Gasteiger partial charge in [-0.2, -0.15) is 5.10 Å². The number of rotatable bonds is 3. The predicted octanol–water partition coefficient (Wildman–Crippen LogP) is 0.448. The van der Waals surface area contributed by atoms with E-state index in [0.717, 1.165) is 0 Å². The standard InChI is InChI=1S/C9H12N4O2/c1-2-15-9(14)13-12-8(10)7-5-3-4-6-11-7/h3-6H,2H2,1H3,(H2,10,12)(H,13,14). The van der Waals surface area contributed by atoms with Crippen molar-refractivity contribution in [3.8, 4) is 0 Å². The van der Waals surface area contributed by atoms with Crippen LogP contribution in [0.1, 0.15) is 12.6 Å². The summed E-state index contributed by atoms with van der Waals surface area (Å²) in [5.74, 6) is 0.128. The number of pyridine rings is 1. The molecule has 1 amide bonds. The van der Waals surface area contributed by atoms with Crippen LogP contribution in [0.25, 0.3) is 0 Å². The van der Waals surface area contributed by atoms with Crippen LogP contribution in [0.2, 0.25) is 0 Å². The van der Waals surface area contributed by atoms with Crippen LogP contribution in [-0.2, 0) is 4.74 Å². The first-order chi connectivity index (χ1) is 7.24. The maximum atomic E-state index is 10.9. The molecule has 0 saturated carbocycles. The van der Waals surface area contributed by atoms with E-state index < -0.39 is 6.09 Å². The molecule has 0 aliphatic heterocycles. The molecule has 0 bridgehead atoms. The van der Waals surface area contributed by atoms with Gasteiger partial charge in [-0.15, -0.1) is 0 Å². The summed E-state index contributed by atoms with van der Waals surface area (Å²) in [6, 6.07) is 5.22. The maximum Gasteiger partial charge on any atom is 0.427 e. The Labute approximate surface area is 87.1 Å². The number of carbonyl (C=O) groups is 1. The molecule has 0 spiro atoms. The molecule has 1 aromatic rings. The van der Waals surface area contributed by atoms with Crippen LogP contribution in [0.4, 0.5) is 4.79 Å². The Morgan fingerprint density at radius 2 is 2.47 bits per heavy atom. The number of nitrogens with two attached hydrogens (primary N) is 1. The van der Waals surface area contributed by atoms with Gasteiger partial charge in [-0.25, -0.2) is 10.2 Å². The van der Waals surface area contributed by atoms with Gasteiger partial charge in [0.1, 0.15) is 5.69 Å². The fourth-order valence-electron chi connectivity index (χ4n) is 0.841. The van der Waals surface area contributed by atoms with Crippen molar-refractivity contribution in [2.24, 2.45) is 10.8 Å². The van der Waals surface area contributed by atoms with E-state index in [2.05, 4.69) is 20.2 Å². The molecule has 0 aromatic carbocycles. The van der Waals surface area contributed by atoms with E-state index >= 15 is 0 Å². The minimum atomic E-state index is -0.642. The number of amidine groups is 1. The third-order valence-corrected chi connectivity index (χ3v) is 1.47.